The molecule has 1 aromatic carbocycles. The van der Waals surface area contributed by atoms with Crippen molar-refractivity contribution >= 4 is 16.7 Å². The van der Waals surface area contributed by atoms with Crippen molar-refractivity contribution in [2.45, 2.75) is 46.5 Å². The van der Waals surface area contributed by atoms with Gasteiger partial charge >= 0.3 is 0 Å². The van der Waals surface area contributed by atoms with Crippen molar-refractivity contribution in [3.05, 3.63) is 35.1 Å². The van der Waals surface area contributed by atoms with Crippen molar-refractivity contribution in [3.63, 3.8) is 0 Å². The molecule has 0 saturated carbocycles. The number of fused-ring (bicyclic) bond motifs is 1. The number of benzene rings is 1. The van der Waals surface area contributed by atoms with Crippen molar-refractivity contribution in [2.24, 2.45) is 0 Å². The lowest BCUT2D eigenvalue weighted by Gasteiger charge is -2.23. The molecule has 1 aromatic heterocycles. The van der Waals surface area contributed by atoms with E-state index in [0.717, 1.165) is 29.7 Å². The average molecular weight is 274 g/mol. The summed E-state index contributed by atoms with van der Waals surface area (Å²) in [5.74, 6) is 0.676. The average Bonchev–Trinajstić information content (AvgIpc) is 2.39. The first-order chi connectivity index (χ1) is 9.34. The van der Waals surface area contributed by atoms with Gasteiger partial charge in [0.1, 0.15) is 11.6 Å². The van der Waals surface area contributed by atoms with Crippen molar-refractivity contribution in [1.29, 1.82) is 0 Å². The van der Waals surface area contributed by atoms with Crippen LogP contribution in [0.1, 0.15) is 45.2 Å². The molecule has 0 aliphatic rings. The number of hydrogen-bond donors (Lipinski definition) is 1. The van der Waals surface area contributed by atoms with Gasteiger partial charge in [-0.05, 0) is 37.0 Å². The molecular formula is C17H23FN2. The van der Waals surface area contributed by atoms with E-state index in [-0.39, 0.29) is 11.2 Å². The predicted octanol–water partition coefficient (Wildman–Crippen LogP) is 4.80. The second-order valence-corrected chi connectivity index (χ2v) is 6.31. The Bertz CT molecular complexity index is 627. The van der Waals surface area contributed by atoms with Crippen molar-refractivity contribution in [1.82, 2.24) is 4.98 Å². The summed E-state index contributed by atoms with van der Waals surface area (Å²) >= 11 is 0. The third-order valence-electron chi connectivity index (χ3n) is 3.53. The highest BCUT2D eigenvalue weighted by molar-refractivity contribution is 5.85. The minimum atomic E-state index is -0.199. The Morgan fingerprint density at radius 1 is 1.25 bits per heavy atom. The molecule has 0 aliphatic heterocycles. The molecule has 0 radical (unpaired) electrons. The van der Waals surface area contributed by atoms with Gasteiger partial charge in [-0.1, -0.05) is 27.7 Å². The highest BCUT2D eigenvalue weighted by atomic mass is 19.1. The number of nitrogens with zero attached hydrogens (tertiary/aromatic N) is 1. The van der Waals surface area contributed by atoms with Crippen LogP contribution in [0.2, 0.25) is 0 Å². The molecule has 1 N–H and O–H groups in total. The summed E-state index contributed by atoms with van der Waals surface area (Å²) in [7, 11) is 0. The van der Waals surface area contributed by atoms with Crippen LogP contribution in [-0.2, 0) is 5.41 Å². The summed E-state index contributed by atoms with van der Waals surface area (Å²) in [5, 5.41) is 4.37. The van der Waals surface area contributed by atoms with Crippen molar-refractivity contribution < 1.29 is 4.39 Å². The molecular weight excluding hydrogens is 251 g/mol. The number of aromatic nitrogens is 1. The molecule has 0 bridgehead atoms. The van der Waals surface area contributed by atoms with Gasteiger partial charge in [0, 0.05) is 23.1 Å². The van der Waals surface area contributed by atoms with Crippen LogP contribution in [-0.4, -0.2) is 11.5 Å². The fraction of sp³-hybridized carbons (Fsp3) is 0.471. The lowest BCUT2D eigenvalue weighted by atomic mass is 9.86. The molecule has 0 spiro atoms. The SMILES string of the molecule is CCCNc1nc2c(C)c(F)ccc2cc1C(C)(C)C. The standard InChI is InChI=1S/C17H23FN2/c1-6-9-19-16-13(17(3,4)5)10-12-7-8-14(18)11(2)15(12)20-16/h7-8,10H,6,9H2,1-5H3,(H,19,20). The summed E-state index contributed by atoms with van der Waals surface area (Å²) in [6.45, 7) is 11.3. The fourth-order valence-corrected chi connectivity index (χ4v) is 2.31. The Morgan fingerprint density at radius 2 is 1.95 bits per heavy atom. The van der Waals surface area contributed by atoms with E-state index in [2.05, 4.69) is 44.1 Å². The topological polar surface area (TPSA) is 24.9 Å². The molecule has 0 saturated heterocycles. The largest absolute Gasteiger partial charge is 0.370 e. The fourth-order valence-electron chi connectivity index (χ4n) is 2.31. The number of rotatable bonds is 3. The summed E-state index contributed by atoms with van der Waals surface area (Å²) in [5.41, 5.74) is 2.53. The third-order valence-corrected chi connectivity index (χ3v) is 3.53. The molecule has 0 aliphatic carbocycles. The number of anilines is 1. The monoisotopic (exact) mass is 274 g/mol. The first-order valence-corrected chi connectivity index (χ1v) is 7.18. The zero-order valence-electron chi connectivity index (χ0n) is 13.0. The van der Waals surface area contributed by atoms with Gasteiger partial charge in [0.2, 0.25) is 0 Å². The van der Waals surface area contributed by atoms with E-state index in [1.54, 1.807) is 6.92 Å². The van der Waals surface area contributed by atoms with Crippen LogP contribution in [0.5, 0.6) is 0 Å². The highest BCUT2D eigenvalue weighted by Crippen LogP contribution is 2.32. The third kappa shape index (κ3) is 2.77. The molecule has 3 heteroatoms. The Kier molecular flexibility index (Phi) is 3.98. The van der Waals surface area contributed by atoms with Gasteiger partial charge in [-0.2, -0.15) is 0 Å². The van der Waals surface area contributed by atoms with Crippen LogP contribution in [0.4, 0.5) is 10.2 Å². The van der Waals surface area contributed by atoms with E-state index >= 15 is 0 Å². The number of halogens is 1. The lowest BCUT2D eigenvalue weighted by Crippen LogP contribution is -2.17. The summed E-state index contributed by atoms with van der Waals surface area (Å²) in [6.07, 6.45) is 1.03. The number of pyridine rings is 1. The maximum Gasteiger partial charge on any atom is 0.130 e. The van der Waals surface area contributed by atoms with Crippen LogP contribution >= 0.6 is 0 Å². The summed E-state index contributed by atoms with van der Waals surface area (Å²) in [6, 6.07) is 5.46. The van der Waals surface area contributed by atoms with E-state index in [1.807, 2.05) is 6.07 Å². The smallest absolute Gasteiger partial charge is 0.130 e. The molecule has 20 heavy (non-hydrogen) atoms. The van der Waals surface area contributed by atoms with Crippen LogP contribution < -0.4 is 5.32 Å². The Labute approximate surface area is 120 Å². The van der Waals surface area contributed by atoms with Gasteiger partial charge in [-0.15, -0.1) is 0 Å². The van der Waals surface area contributed by atoms with Gasteiger partial charge in [0.05, 0.1) is 5.52 Å². The van der Waals surface area contributed by atoms with E-state index in [0.29, 0.717) is 5.56 Å². The molecule has 2 aromatic rings. The predicted molar refractivity (Wildman–Crippen MR) is 83.9 cm³/mol. The quantitative estimate of drug-likeness (QED) is 0.869. The van der Waals surface area contributed by atoms with Crippen LogP contribution in [0, 0.1) is 12.7 Å². The van der Waals surface area contributed by atoms with Gasteiger partial charge < -0.3 is 5.32 Å². The maximum atomic E-state index is 13.7. The number of hydrogen-bond acceptors (Lipinski definition) is 2. The molecule has 0 atom stereocenters. The summed E-state index contributed by atoms with van der Waals surface area (Å²) in [4.78, 5) is 4.69. The molecule has 0 fully saturated rings. The number of nitrogens with one attached hydrogen (secondary N) is 1. The number of aryl methyl sites for hydroxylation is 1. The molecule has 2 rings (SSSR count). The minimum absolute atomic E-state index is 0.000441. The first kappa shape index (κ1) is 14.8. The molecule has 1 heterocycles. The molecule has 2 nitrogen and oxygen atoms in total. The van der Waals surface area contributed by atoms with Crippen LogP contribution in [0.25, 0.3) is 10.9 Å². The highest BCUT2D eigenvalue weighted by Gasteiger charge is 2.20. The zero-order valence-corrected chi connectivity index (χ0v) is 13.0. The van der Waals surface area contributed by atoms with Gasteiger partial charge in [0.25, 0.3) is 0 Å². The lowest BCUT2D eigenvalue weighted by molar-refractivity contribution is 0.590. The second-order valence-electron chi connectivity index (χ2n) is 6.31. The van der Waals surface area contributed by atoms with Gasteiger partial charge in [-0.3, -0.25) is 0 Å². The Hall–Kier alpha value is -1.64. The van der Waals surface area contributed by atoms with Gasteiger partial charge in [-0.25, -0.2) is 9.37 Å². The van der Waals surface area contributed by atoms with Crippen LogP contribution in [0.3, 0.4) is 0 Å². The van der Waals surface area contributed by atoms with Crippen molar-refractivity contribution in [3.8, 4) is 0 Å². The molecule has 108 valence electrons. The van der Waals surface area contributed by atoms with E-state index < -0.39 is 0 Å². The first-order valence-electron chi connectivity index (χ1n) is 7.18. The zero-order chi connectivity index (χ0) is 14.9. The normalized spacial score (nSPS) is 11.9. The molecule has 0 amide bonds. The summed E-state index contributed by atoms with van der Waals surface area (Å²) < 4.78 is 13.7. The van der Waals surface area contributed by atoms with E-state index in [4.69, 9.17) is 0 Å². The maximum absolute atomic E-state index is 13.7. The van der Waals surface area contributed by atoms with E-state index in [1.165, 1.54) is 11.6 Å². The van der Waals surface area contributed by atoms with Gasteiger partial charge in [0.15, 0.2) is 0 Å². The van der Waals surface area contributed by atoms with Crippen molar-refractivity contribution in [2.75, 3.05) is 11.9 Å². The molecule has 0 unspecified atom stereocenters. The van der Waals surface area contributed by atoms with E-state index in [9.17, 15) is 4.39 Å². The minimum Gasteiger partial charge on any atom is -0.370 e. The van der Waals surface area contributed by atoms with Crippen LogP contribution in [0.15, 0.2) is 18.2 Å². The second kappa shape index (κ2) is 5.39. The Balaban J connectivity index is 2.68. The Morgan fingerprint density at radius 3 is 2.55 bits per heavy atom.